The number of hydrogen-bond donors (Lipinski definition) is 1. The molecule has 0 radical (unpaired) electrons. The van der Waals surface area contributed by atoms with Gasteiger partial charge in [-0.2, -0.15) is 0 Å². The normalized spacial score (nSPS) is 11.1. The van der Waals surface area contributed by atoms with Crippen LogP contribution >= 0.6 is 11.6 Å². The molecule has 0 unspecified atom stereocenters. The summed E-state index contributed by atoms with van der Waals surface area (Å²) in [6, 6.07) is 8.86. The predicted octanol–water partition coefficient (Wildman–Crippen LogP) is 2.62. The van der Waals surface area contributed by atoms with E-state index in [1.165, 1.54) is 13.2 Å². The number of carbonyl (C=O) groups is 1. The van der Waals surface area contributed by atoms with E-state index in [0.717, 1.165) is 28.3 Å². The zero-order valence-electron chi connectivity index (χ0n) is 16.2. The summed E-state index contributed by atoms with van der Waals surface area (Å²) in [5, 5.41) is 2.44. The Kier molecular flexibility index (Phi) is 7.69. The summed E-state index contributed by atoms with van der Waals surface area (Å²) >= 11 is 5.73. The molecule has 158 valence electrons. The van der Waals surface area contributed by atoms with Gasteiger partial charge in [-0.15, -0.1) is 0 Å². The Labute approximate surface area is 174 Å². The van der Waals surface area contributed by atoms with Gasteiger partial charge in [-0.05, 0) is 42.3 Å². The molecule has 0 saturated heterocycles. The maximum absolute atomic E-state index is 13.4. The zero-order valence-corrected chi connectivity index (χ0v) is 17.8. The fraction of sp³-hybridized carbons (Fsp3) is 0.316. The number of anilines is 1. The van der Waals surface area contributed by atoms with Crippen LogP contribution in [0.25, 0.3) is 0 Å². The van der Waals surface area contributed by atoms with E-state index in [1.807, 2.05) is 6.07 Å². The number of sulfonamides is 1. The fourth-order valence-corrected chi connectivity index (χ4v) is 3.63. The van der Waals surface area contributed by atoms with Gasteiger partial charge in [0.2, 0.25) is 15.9 Å². The summed E-state index contributed by atoms with van der Waals surface area (Å²) in [6.45, 7) is -0.164. The molecule has 0 aliphatic heterocycles. The van der Waals surface area contributed by atoms with Crippen molar-refractivity contribution in [3.63, 3.8) is 0 Å². The Bertz CT molecular complexity index is 985. The smallest absolute Gasteiger partial charge is 0.240 e. The maximum atomic E-state index is 13.4. The highest BCUT2D eigenvalue weighted by Gasteiger charge is 2.21. The van der Waals surface area contributed by atoms with Crippen LogP contribution in [0.2, 0.25) is 5.02 Å². The highest BCUT2D eigenvalue weighted by molar-refractivity contribution is 7.92. The number of rotatable bonds is 9. The largest absolute Gasteiger partial charge is 0.493 e. The second-order valence-corrected chi connectivity index (χ2v) is 8.47. The SMILES string of the molecule is COc1ccc(CCNC(=O)CN(c2ccc(F)c(Cl)c2)S(C)(=O)=O)cc1OC. The lowest BCUT2D eigenvalue weighted by Crippen LogP contribution is -2.41. The third-order valence-corrected chi connectivity index (χ3v) is 5.49. The second-order valence-electron chi connectivity index (χ2n) is 6.16. The van der Waals surface area contributed by atoms with E-state index >= 15 is 0 Å². The van der Waals surface area contributed by atoms with Crippen LogP contribution in [0.15, 0.2) is 36.4 Å². The van der Waals surface area contributed by atoms with Gasteiger partial charge in [-0.25, -0.2) is 12.8 Å². The highest BCUT2D eigenvalue weighted by Crippen LogP contribution is 2.27. The quantitative estimate of drug-likeness (QED) is 0.642. The molecule has 10 heteroatoms. The van der Waals surface area contributed by atoms with Crippen LogP contribution in [-0.2, 0) is 21.2 Å². The average molecular weight is 445 g/mol. The number of benzene rings is 2. The van der Waals surface area contributed by atoms with Gasteiger partial charge >= 0.3 is 0 Å². The number of methoxy groups -OCH3 is 2. The van der Waals surface area contributed by atoms with Crippen molar-refractivity contribution in [1.82, 2.24) is 5.32 Å². The van der Waals surface area contributed by atoms with Gasteiger partial charge in [0.25, 0.3) is 0 Å². The van der Waals surface area contributed by atoms with E-state index in [4.69, 9.17) is 21.1 Å². The van der Waals surface area contributed by atoms with Crippen molar-refractivity contribution in [3.8, 4) is 11.5 Å². The molecule has 0 aliphatic rings. The van der Waals surface area contributed by atoms with Gasteiger partial charge in [0.1, 0.15) is 12.4 Å². The minimum absolute atomic E-state index is 0.106. The maximum Gasteiger partial charge on any atom is 0.240 e. The molecule has 0 atom stereocenters. The van der Waals surface area contributed by atoms with Crippen molar-refractivity contribution in [2.75, 3.05) is 37.9 Å². The number of carbonyl (C=O) groups excluding carboxylic acids is 1. The first-order valence-corrected chi connectivity index (χ1v) is 10.8. The molecular formula is C19H22ClFN2O5S. The van der Waals surface area contributed by atoms with E-state index in [1.54, 1.807) is 19.2 Å². The van der Waals surface area contributed by atoms with Crippen molar-refractivity contribution in [3.05, 3.63) is 52.8 Å². The van der Waals surface area contributed by atoms with Crippen LogP contribution in [0.4, 0.5) is 10.1 Å². The van der Waals surface area contributed by atoms with Crippen LogP contribution < -0.4 is 19.1 Å². The van der Waals surface area contributed by atoms with Gasteiger partial charge in [0.15, 0.2) is 11.5 Å². The summed E-state index contributed by atoms with van der Waals surface area (Å²) in [5.74, 6) is -0.00519. The number of amides is 1. The van der Waals surface area contributed by atoms with E-state index in [0.29, 0.717) is 17.9 Å². The Morgan fingerprint density at radius 1 is 1.14 bits per heavy atom. The topological polar surface area (TPSA) is 84.9 Å². The average Bonchev–Trinajstić information content (AvgIpc) is 2.67. The first-order chi connectivity index (χ1) is 13.7. The van der Waals surface area contributed by atoms with E-state index in [-0.39, 0.29) is 17.3 Å². The number of halogens is 2. The molecule has 0 spiro atoms. The van der Waals surface area contributed by atoms with Gasteiger partial charge < -0.3 is 14.8 Å². The zero-order chi connectivity index (χ0) is 21.6. The monoisotopic (exact) mass is 444 g/mol. The highest BCUT2D eigenvalue weighted by atomic mass is 35.5. The number of nitrogens with one attached hydrogen (secondary N) is 1. The van der Waals surface area contributed by atoms with Gasteiger partial charge in [0, 0.05) is 6.54 Å². The Balaban J connectivity index is 2.01. The molecule has 0 heterocycles. The lowest BCUT2D eigenvalue weighted by atomic mass is 10.1. The number of hydrogen-bond acceptors (Lipinski definition) is 5. The molecule has 2 aromatic carbocycles. The minimum atomic E-state index is -3.78. The van der Waals surface area contributed by atoms with Crippen molar-refractivity contribution < 1.29 is 27.1 Å². The lowest BCUT2D eigenvalue weighted by molar-refractivity contribution is -0.119. The van der Waals surface area contributed by atoms with E-state index in [2.05, 4.69) is 5.32 Å². The fourth-order valence-electron chi connectivity index (χ4n) is 2.61. The van der Waals surface area contributed by atoms with Crippen molar-refractivity contribution in [2.24, 2.45) is 0 Å². The molecule has 0 saturated carbocycles. The van der Waals surface area contributed by atoms with Crippen molar-refractivity contribution >= 4 is 33.2 Å². The summed E-state index contributed by atoms with van der Waals surface area (Å²) in [6.07, 6.45) is 1.47. The summed E-state index contributed by atoms with van der Waals surface area (Å²) in [4.78, 5) is 12.3. The molecule has 1 N–H and O–H groups in total. The number of nitrogens with zero attached hydrogens (tertiary/aromatic N) is 1. The first-order valence-electron chi connectivity index (χ1n) is 8.56. The molecule has 0 fully saturated rings. The lowest BCUT2D eigenvalue weighted by Gasteiger charge is -2.22. The molecule has 29 heavy (non-hydrogen) atoms. The van der Waals surface area contributed by atoms with Crippen LogP contribution in [-0.4, -0.2) is 47.9 Å². The number of ether oxygens (including phenoxy) is 2. The molecular weight excluding hydrogens is 423 g/mol. The summed E-state index contributed by atoms with van der Waals surface area (Å²) in [7, 11) is -0.702. The van der Waals surface area contributed by atoms with Crippen LogP contribution in [0.1, 0.15) is 5.56 Å². The molecule has 2 aromatic rings. The van der Waals surface area contributed by atoms with Crippen LogP contribution in [0.5, 0.6) is 11.5 Å². The third-order valence-electron chi connectivity index (χ3n) is 4.06. The first kappa shape index (κ1) is 22.8. The molecule has 0 aliphatic carbocycles. The Morgan fingerprint density at radius 3 is 2.41 bits per heavy atom. The third kappa shape index (κ3) is 6.23. The molecule has 7 nitrogen and oxygen atoms in total. The molecule has 0 aromatic heterocycles. The Morgan fingerprint density at radius 2 is 1.83 bits per heavy atom. The second kappa shape index (κ2) is 9.80. The summed E-state index contributed by atoms with van der Waals surface area (Å²) < 4.78 is 48.8. The minimum Gasteiger partial charge on any atom is -0.493 e. The standard InChI is InChI=1S/C19H22ClFN2O5S/c1-27-17-7-4-13(10-18(17)28-2)8-9-22-19(24)12-23(29(3,25)26)14-5-6-16(21)15(20)11-14/h4-7,10-11H,8-9,12H2,1-3H3,(H,22,24). The summed E-state index contributed by atoms with van der Waals surface area (Å²) in [5.41, 5.74) is 1.02. The van der Waals surface area contributed by atoms with E-state index < -0.39 is 28.3 Å². The van der Waals surface area contributed by atoms with Crippen molar-refractivity contribution in [1.29, 1.82) is 0 Å². The predicted molar refractivity (Wildman–Crippen MR) is 110 cm³/mol. The van der Waals surface area contributed by atoms with Gasteiger partial charge in [0.05, 0.1) is 31.2 Å². The van der Waals surface area contributed by atoms with Crippen LogP contribution in [0.3, 0.4) is 0 Å². The van der Waals surface area contributed by atoms with Gasteiger partial charge in [-0.3, -0.25) is 9.10 Å². The molecule has 1 amide bonds. The van der Waals surface area contributed by atoms with Crippen LogP contribution in [0, 0.1) is 5.82 Å². The Hall–Kier alpha value is -2.52. The van der Waals surface area contributed by atoms with E-state index in [9.17, 15) is 17.6 Å². The molecule has 2 rings (SSSR count). The van der Waals surface area contributed by atoms with Gasteiger partial charge in [-0.1, -0.05) is 17.7 Å². The van der Waals surface area contributed by atoms with Crippen molar-refractivity contribution in [2.45, 2.75) is 6.42 Å². The molecule has 0 bridgehead atoms.